The van der Waals surface area contributed by atoms with Crippen LogP contribution in [0.5, 0.6) is 5.75 Å². The molecule has 0 unspecified atom stereocenters. The van der Waals surface area contributed by atoms with Crippen LogP contribution in [0.15, 0.2) is 12.1 Å². The Morgan fingerprint density at radius 2 is 2.07 bits per heavy atom. The van der Waals surface area contributed by atoms with E-state index in [1.54, 1.807) is 0 Å². The van der Waals surface area contributed by atoms with Gasteiger partial charge >= 0.3 is 5.97 Å². The molecule has 1 aliphatic rings. The standard InChI is InChI=1S/C10H8ClFO3/c11-7-4-5(12)3-6(8(7)13)10(1-2-10)9(14)15/h3-4,13H,1-2H2,(H,14,15). The maximum absolute atomic E-state index is 13.0. The molecule has 3 nitrogen and oxygen atoms in total. The number of carbonyl (C=O) groups is 1. The van der Waals surface area contributed by atoms with E-state index in [9.17, 15) is 14.3 Å². The molecular formula is C10H8ClFO3. The number of phenols is 1. The van der Waals surface area contributed by atoms with Crippen molar-refractivity contribution in [2.75, 3.05) is 0 Å². The third kappa shape index (κ3) is 1.45. The second-order valence-corrected chi connectivity index (χ2v) is 4.08. The van der Waals surface area contributed by atoms with Crippen LogP contribution in [0.4, 0.5) is 4.39 Å². The topological polar surface area (TPSA) is 57.5 Å². The number of halogens is 2. The number of carboxylic acid groups (broad SMARTS) is 1. The fraction of sp³-hybridized carbons (Fsp3) is 0.300. The van der Waals surface area contributed by atoms with Gasteiger partial charge in [0, 0.05) is 5.56 Å². The Morgan fingerprint density at radius 1 is 1.47 bits per heavy atom. The predicted octanol–water partition coefficient (Wildman–Crippen LogP) is 2.30. The monoisotopic (exact) mass is 230 g/mol. The molecule has 0 radical (unpaired) electrons. The molecule has 0 bridgehead atoms. The smallest absolute Gasteiger partial charge is 0.314 e. The van der Waals surface area contributed by atoms with E-state index in [0.29, 0.717) is 12.8 Å². The molecule has 15 heavy (non-hydrogen) atoms. The molecule has 0 aliphatic heterocycles. The second-order valence-electron chi connectivity index (χ2n) is 3.67. The molecule has 80 valence electrons. The molecule has 2 rings (SSSR count). The summed E-state index contributed by atoms with van der Waals surface area (Å²) in [5, 5.41) is 18.4. The van der Waals surface area contributed by atoms with Crippen LogP contribution in [0.3, 0.4) is 0 Å². The van der Waals surface area contributed by atoms with Crippen LogP contribution in [-0.2, 0) is 10.2 Å². The van der Waals surface area contributed by atoms with Crippen LogP contribution in [0.2, 0.25) is 5.02 Å². The van der Waals surface area contributed by atoms with E-state index in [4.69, 9.17) is 16.7 Å². The van der Waals surface area contributed by atoms with Gasteiger partial charge in [-0.25, -0.2) is 4.39 Å². The molecule has 2 N–H and O–H groups in total. The number of hydrogen-bond acceptors (Lipinski definition) is 2. The zero-order chi connectivity index (χ0) is 11.2. The first-order chi connectivity index (χ1) is 6.97. The quantitative estimate of drug-likeness (QED) is 0.820. The number of benzene rings is 1. The van der Waals surface area contributed by atoms with Crippen molar-refractivity contribution in [3.8, 4) is 5.75 Å². The Balaban J connectivity index is 2.58. The molecule has 0 aromatic heterocycles. The van der Waals surface area contributed by atoms with Crippen molar-refractivity contribution in [1.29, 1.82) is 0 Å². The summed E-state index contributed by atoms with van der Waals surface area (Å²) in [5.74, 6) is -2.03. The maximum atomic E-state index is 13.0. The summed E-state index contributed by atoms with van der Waals surface area (Å²) < 4.78 is 13.0. The highest BCUT2D eigenvalue weighted by Crippen LogP contribution is 2.52. The lowest BCUT2D eigenvalue weighted by Gasteiger charge is -2.13. The Kier molecular flexibility index (Phi) is 2.12. The molecule has 1 aromatic rings. The molecule has 1 saturated carbocycles. The summed E-state index contributed by atoms with van der Waals surface area (Å²) in [4.78, 5) is 11.0. The minimum Gasteiger partial charge on any atom is -0.506 e. The van der Waals surface area contributed by atoms with Gasteiger partial charge in [0.05, 0.1) is 10.4 Å². The second kappa shape index (κ2) is 3.10. The SMILES string of the molecule is O=C(O)C1(c2cc(F)cc(Cl)c2O)CC1. The van der Waals surface area contributed by atoms with Crippen molar-refractivity contribution in [2.24, 2.45) is 0 Å². The van der Waals surface area contributed by atoms with Crippen LogP contribution < -0.4 is 0 Å². The Labute approximate surface area is 90.1 Å². The lowest BCUT2D eigenvalue weighted by atomic mass is 9.95. The highest BCUT2D eigenvalue weighted by molar-refractivity contribution is 6.32. The first-order valence-electron chi connectivity index (χ1n) is 4.39. The van der Waals surface area contributed by atoms with Gasteiger partial charge in [0.1, 0.15) is 11.6 Å². The minimum absolute atomic E-state index is 0.0694. The van der Waals surface area contributed by atoms with E-state index in [1.807, 2.05) is 0 Å². The van der Waals surface area contributed by atoms with Gasteiger partial charge in [-0.2, -0.15) is 0 Å². The van der Waals surface area contributed by atoms with Gasteiger partial charge in [0.25, 0.3) is 0 Å². The maximum Gasteiger partial charge on any atom is 0.314 e. The largest absolute Gasteiger partial charge is 0.506 e. The van der Waals surface area contributed by atoms with Crippen LogP contribution in [-0.4, -0.2) is 16.2 Å². The van der Waals surface area contributed by atoms with Crippen molar-refractivity contribution in [2.45, 2.75) is 18.3 Å². The summed E-state index contributed by atoms with van der Waals surface area (Å²) in [6, 6.07) is 1.99. The number of hydrogen-bond donors (Lipinski definition) is 2. The lowest BCUT2D eigenvalue weighted by Crippen LogP contribution is -2.19. The van der Waals surface area contributed by atoms with Crippen molar-refractivity contribution in [3.05, 3.63) is 28.5 Å². The Bertz CT molecular complexity index is 441. The molecule has 0 heterocycles. The molecule has 5 heteroatoms. The molecular weight excluding hydrogens is 223 g/mol. The molecule has 0 spiro atoms. The van der Waals surface area contributed by atoms with Gasteiger partial charge in [-0.1, -0.05) is 11.6 Å². The fourth-order valence-electron chi connectivity index (χ4n) is 1.65. The summed E-state index contributed by atoms with van der Waals surface area (Å²) in [6.45, 7) is 0. The number of phenolic OH excluding ortho intramolecular Hbond substituents is 1. The molecule has 1 fully saturated rings. The van der Waals surface area contributed by atoms with E-state index in [1.165, 1.54) is 0 Å². The van der Waals surface area contributed by atoms with Crippen molar-refractivity contribution in [3.63, 3.8) is 0 Å². The fourth-order valence-corrected chi connectivity index (χ4v) is 1.86. The van der Waals surface area contributed by atoms with E-state index < -0.39 is 17.2 Å². The zero-order valence-corrected chi connectivity index (χ0v) is 8.38. The Hall–Kier alpha value is -1.29. The molecule has 0 amide bonds. The summed E-state index contributed by atoms with van der Waals surface area (Å²) in [6.07, 6.45) is 0.797. The van der Waals surface area contributed by atoms with Gasteiger partial charge in [-0.15, -0.1) is 0 Å². The van der Waals surface area contributed by atoms with E-state index in [-0.39, 0.29) is 16.3 Å². The van der Waals surface area contributed by atoms with Crippen LogP contribution in [0.1, 0.15) is 18.4 Å². The molecule has 0 saturated heterocycles. The normalized spacial score (nSPS) is 17.5. The first kappa shape index (κ1) is 10.2. The zero-order valence-electron chi connectivity index (χ0n) is 7.63. The highest BCUT2D eigenvalue weighted by Gasteiger charge is 2.53. The molecule has 1 aliphatic carbocycles. The lowest BCUT2D eigenvalue weighted by molar-refractivity contribution is -0.140. The van der Waals surface area contributed by atoms with E-state index in [2.05, 4.69) is 0 Å². The average Bonchev–Trinajstić information content (AvgIpc) is 2.91. The average molecular weight is 231 g/mol. The minimum atomic E-state index is -1.14. The van der Waals surface area contributed by atoms with Crippen LogP contribution in [0.25, 0.3) is 0 Å². The third-order valence-corrected chi connectivity index (χ3v) is 2.99. The van der Waals surface area contributed by atoms with Crippen molar-refractivity contribution < 1.29 is 19.4 Å². The molecule has 0 atom stereocenters. The Morgan fingerprint density at radius 3 is 2.53 bits per heavy atom. The van der Waals surface area contributed by atoms with E-state index in [0.717, 1.165) is 12.1 Å². The van der Waals surface area contributed by atoms with Gasteiger partial charge in [-0.3, -0.25) is 4.79 Å². The van der Waals surface area contributed by atoms with Crippen LogP contribution in [0, 0.1) is 5.82 Å². The van der Waals surface area contributed by atoms with Crippen LogP contribution >= 0.6 is 11.6 Å². The first-order valence-corrected chi connectivity index (χ1v) is 4.77. The van der Waals surface area contributed by atoms with Crippen molar-refractivity contribution >= 4 is 17.6 Å². The van der Waals surface area contributed by atoms with E-state index >= 15 is 0 Å². The highest BCUT2D eigenvalue weighted by atomic mass is 35.5. The third-order valence-electron chi connectivity index (χ3n) is 2.70. The van der Waals surface area contributed by atoms with Gasteiger partial charge in [0.2, 0.25) is 0 Å². The van der Waals surface area contributed by atoms with Gasteiger partial charge < -0.3 is 10.2 Å². The number of carboxylic acids is 1. The summed E-state index contributed by atoms with van der Waals surface area (Å²) >= 11 is 5.57. The summed E-state index contributed by atoms with van der Waals surface area (Å²) in [7, 11) is 0. The summed E-state index contributed by atoms with van der Waals surface area (Å²) in [5.41, 5.74) is -1.07. The number of aromatic hydroxyl groups is 1. The predicted molar refractivity (Wildman–Crippen MR) is 51.6 cm³/mol. The van der Waals surface area contributed by atoms with Gasteiger partial charge in [-0.05, 0) is 25.0 Å². The number of aliphatic carboxylic acids is 1. The van der Waals surface area contributed by atoms with Gasteiger partial charge in [0.15, 0.2) is 0 Å². The number of rotatable bonds is 2. The molecule has 1 aromatic carbocycles. The van der Waals surface area contributed by atoms with Crippen molar-refractivity contribution in [1.82, 2.24) is 0 Å².